The van der Waals surface area contributed by atoms with Gasteiger partial charge in [-0.3, -0.25) is 0 Å². The molecule has 4 rings (SSSR count). The number of fused-ring (bicyclic) bond motifs is 2. The summed E-state index contributed by atoms with van der Waals surface area (Å²) in [5.74, 6) is 1.47. The van der Waals surface area contributed by atoms with Gasteiger partial charge in [-0.25, -0.2) is 18.1 Å². The number of likely N-dealkylation sites (N-methyl/N-ethyl adjacent to an activating group) is 1. The summed E-state index contributed by atoms with van der Waals surface area (Å²) in [6, 6.07) is 12.7. The number of anilines is 1. The molecule has 2 heterocycles. The van der Waals surface area contributed by atoms with Crippen molar-refractivity contribution >= 4 is 26.7 Å². The summed E-state index contributed by atoms with van der Waals surface area (Å²) in [5.41, 5.74) is 2.61. The Morgan fingerprint density at radius 1 is 1.27 bits per heavy atom. The summed E-state index contributed by atoms with van der Waals surface area (Å²) in [6.07, 6.45) is 0.488. The first kappa shape index (κ1) is 16.9. The summed E-state index contributed by atoms with van der Waals surface area (Å²) >= 11 is 0. The summed E-state index contributed by atoms with van der Waals surface area (Å²) in [6.45, 7) is 1.60. The van der Waals surface area contributed by atoms with Crippen molar-refractivity contribution in [3.05, 3.63) is 48.3 Å². The molecule has 136 valence electrons. The molecule has 0 atom stereocenters. The van der Waals surface area contributed by atoms with E-state index >= 15 is 0 Å². The largest absolute Gasteiger partial charge is 0.490 e. The van der Waals surface area contributed by atoms with Gasteiger partial charge < -0.3 is 14.6 Å². The van der Waals surface area contributed by atoms with E-state index in [-0.39, 0.29) is 11.4 Å². The average Bonchev–Trinajstić information content (AvgIpc) is 3.04. The first-order valence-corrected chi connectivity index (χ1v) is 9.92. The highest BCUT2D eigenvalue weighted by molar-refractivity contribution is 7.89. The smallest absolute Gasteiger partial charge is 0.240 e. The lowest BCUT2D eigenvalue weighted by molar-refractivity contribution is 0.311. The number of para-hydroxylation sites is 2. The van der Waals surface area contributed by atoms with E-state index in [1.807, 2.05) is 36.2 Å². The topological polar surface area (TPSA) is 87.3 Å². The third kappa shape index (κ3) is 3.25. The molecule has 0 unspecified atom stereocenters. The van der Waals surface area contributed by atoms with Gasteiger partial charge in [0.15, 0.2) is 0 Å². The van der Waals surface area contributed by atoms with Crippen LogP contribution in [-0.4, -0.2) is 45.1 Å². The maximum Gasteiger partial charge on any atom is 0.240 e. The van der Waals surface area contributed by atoms with E-state index in [4.69, 9.17) is 4.74 Å². The Bertz CT molecular complexity index is 1010. The van der Waals surface area contributed by atoms with Gasteiger partial charge in [-0.2, -0.15) is 0 Å². The predicted octanol–water partition coefficient (Wildman–Crippen LogP) is 1.91. The van der Waals surface area contributed by atoms with Crippen LogP contribution in [-0.2, 0) is 16.4 Å². The molecule has 2 N–H and O–H groups in total. The van der Waals surface area contributed by atoms with Crippen molar-refractivity contribution in [2.75, 3.05) is 31.6 Å². The second kappa shape index (κ2) is 6.62. The minimum absolute atomic E-state index is 0.234. The molecule has 0 aliphatic carbocycles. The van der Waals surface area contributed by atoms with Crippen molar-refractivity contribution in [1.29, 1.82) is 0 Å². The molecule has 2 aromatic carbocycles. The number of sulfonamides is 1. The minimum atomic E-state index is -3.59. The molecule has 0 spiro atoms. The van der Waals surface area contributed by atoms with Crippen LogP contribution in [0.1, 0.15) is 5.82 Å². The lowest BCUT2D eigenvalue weighted by Gasteiger charge is -2.28. The van der Waals surface area contributed by atoms with Gasteiger partial charge in [-0.05, 0) is 30.3 Å². The lowest BCUT2D eigenvalue weighted by atomic mass is 10.2. The van der Waals surface area contributed by atoms with Crippen LogP contribution >= 0.6 is 0 Å². The zero-order valence-electron chi connectivity index (χ0n) is 14.4. The van der Waals surface area contributed by atoms with Crippen molar-refractivity contribution in [2.24, 2.45) is 0 Å². The van der Waals surface area contributed by atoms with Crippen molar-refractivity contribution < 1.29 is 13.2 Å². The summed E-state index contributed by atoms with van der Waals surface area (Å²) < 4.78 is 33.4. The molecule has 26 heavy (non-hydrogen) atoms. The second-order valence-corrected chi connectivity index (χ2v) is 8.01. The number of nitrogens with zero attached hydrogens (tertiary/aromatic N) is 2. The molecule has 0 bridgehead atoms. The molecule has 0 saturated carbocycles. The number of rotatable bonds is 5. The number of nitrogens with one attached hydrogen (secondary N) is 2. The van der Waals surface area contributed by atoms with Crippen LogP contribution in [0.5, 0.6) is 5.75 Å². The van der Waals surface area contributed by atoms with Crippen molar-refractivity contribution in [2.45, 2.75) is 11.3 Å². The normalized spacial score (nSPS) is 14.3. The van der Waals surface area contributed by atoms with Crippen molar-refractivity contribution in [1.82, 2.24) is 14.7 Å². The fourth-order valence-corrected chi connectivity index (χ4v) is 4.06. The van der Waals surface area contributed by atoms with E-state index in [0.29, 0.717) is 18.8 Å². The van der Waals surface area contributed by atoms with Gasteiger partial charge in [0, 0.05) is 20.0 Å². The Kier molecular flexibility index (Phi) is 4.29. The number of aromatic nitrogens is 2. The Morgan fingerprint density at radius 2 is 2.12 bits per heavy atom. The zero-order valence-corrected chi connectivity index (χ0v) is 15.2. The van der Waals surface area contributed by atoms with Gasteiger partial charge in [-0.1, -0.05) is 12.1 Å². The minimum Gasteiger partial charge on any atom is -0.490 e. The highest BCUT2D eigenvalue weighted by Crippen LogP contribution is 2.32. The van der Waals surface area contributed by atoms with Crippen LogP contribution < -0.4 is 14.4 Å². The van der Waals surface area contributed by atoms with Crippen LogP contribution in [0.3, 0.4) is 0 Å². The third-order valence-electron chi connectivity index (χ3n) is 4.43. The number of aromatic amines is 1. The van der Waals surface area contributed by atoms with Crippen molar-refractivity contribution in [3.63, 3.8) is 0 Å². The van der Waals surface area contributed by atoms with Crippen LogP contribution in [0, 0.1) is 0 Å². The van der Waals surface area contributed by atoms with Gasteiger partial charge in [0.2, 0.25) is 10.0 Å². The van der Waals surface area contributed by atoms with E-state index in [2.05, 4.69) is 14.7 Å². The van der Waals surface area contributed by atoms with Crippen LogP contribution in [0.15, 0.2) is 47.4 Å². The Balaban J connectivity index is 1.46. The number of hydrogen-bond acceptors (Lipinski definition) is 5. The van der Waals surface area contributed by atoms with Crippen molar-refractivity contribution in [3.8, 4) is 5.75 Å². The van der Waals surface area contributed by atoms with E-state index in [1.54, 1.807) is 18.2 Å². The van der Waals surface area contributed by atoms with E-state index in [1.165, 1.54) is 0 Å². The Morgan fingerprint density at radius 3 is 2.96 bits per heavy atom. The first-order chi connectivity index (χ1) is 12.5. The average molecular weight is 372 g/mol. The highest BCUT2D eigenvalue weighted by Gasteiger charge is 2.20. The summed E-state index contributed by atoms with van der Waals surface area (Å²) in [4.78, 5) is 9.88. The Labute approximate surface area is 152 Å². The van der Waals surface area contributed by atoms with E-state index < -0.39 is 10.0 Å². The maximum atomic E-state index is 12.6. The predicted molar refractivity (Wildman–Crippen MR) is 100 cm³/mol. The zero-order chi connectivity index (χ0) is 18.1. The first-order valence-electron chi connectivity index (χ1n) is 8.44. The van der Waals surface area contributed by atoms with Crippen LogP contribution in [0.2, 0.25) is 0 Å². The fraction of sp³-hybridized carbons (Fsp3) is 0.278. The fourth-order valence-electron chi connectivity index (χ4n) is 3.01. The number of H-pyrrole nitrogens is 1. The molecule has 8 heteroatoms. The third-order valence-corrected chi connectivity index (χ3v) is 5.89. The standard InChI is InChI=1S/C18H20N4O3S/c1-22-10-11-25-17-7-6-13(12-16(17)22)26(23,24)19-9-8-18-20-14-4-2-3-5-15(14)21-18/h2-7,12,19H,8-11H2,1H3,(H,20,21). The monoisotopic (exact) mass is 372 g/mol. The summed E-state index contributed by atoms with van der Waals surface area (Å²) in [7, 11) is -1.67. The van der Waals surface area contributed by atoms with Gasteiger partial charge >= 0.3 is 0 Å². The van der Waals surface area contributed by atoms with E-state index in [0.717, 1.165) is 29.1 Å². The number of hydrogen-bond donors (Lipinski definition) is 2. The molecule has 0 fully saturated rings. The highest BCUT2D eigenvalue weighted by atomic mass is 32.2. The molecule has 7 nitrogen and oxygen atoms in total. The van der Waals surface area contributed by atoms with Crippen LogP contribution in [0.4, 0.5) is 5.69 Å². The Hall–Kier alpha value is -2.58. The molecule has 1 aliphatic rings. The van der Waals surface area contributed by atoms with Gasteiger partial charge in [0.25, 0.3) is 0 Å². The molecule has 1 aliphatic heterocycles. The lowest BCUT2D eigenvalue weighted by Crippen LogP contribution is -2.30. The van der Waals surface area contributed by atoms with Gasteiger partial charge in [-0.15, -0.1) is 0 Å². The molecule has 0 radical (unpaired) electrons. The van der Waals surface area contributed by atoms with Gasteiger partial charge in [0.05, 0.1) is 28.2 Å². The number of imidazole rings is 1. The SMILES string of the molecule is CN1CCOc2ccc(S(=O)(=O)NCCc3nc4ccccc4[nH]3)cc21. The second-order valence-electron chi connectivity index (χ2n) is 6.25. The molecule has 0 amide bonds. The number of benzene rings is 2. The quantitative estimate of drug-likeness (QED) is 0.714. The van der Waals surface area contributed by atoms with Crippen LogP contribution in [0.25, 0.3) is 11.0 Å². The molecule has 3 aromatic rings. The molecular weight excluding hydrogens is 352 g/mol. The van der Waals surface area contributed by atoms with E-state index in [9.17, 15) is 8.42 Å². The molecule has 1 aromatic heterocycles. The molecule has 0 saturated heterocycles. The van der Waals surface area contributed by atoms with Gasteiger partial charge in [0.1, 0.15) is 18.2 Å². The maximum absolute atomic E-state index is 12.6. The number of ether oxygens (including phenoxy) is 1. The summed E-state index contributed by atoms with van der Waals surface area (Å²) in [5, 5.41) is 0. The molecular formula is C18H20N4O3S.